The minimum Gasteiger partial charge on any atom is -0.270 e. The van der Waals surface area contributed by atoms with E-state index in [1.165, 1.54) is 0 Å². The van der Waals surface area contributed by atoms with Gasteiger partial charge < -0.3 is 0 Å². The highest BCUT2D eigenvalue weighted by molar-refractivity contribution is 7.86. The van der Waals surface area contributed by atoms with E-state index in [4.69, 9.17) is 0 Å². The van der Waals surface area contributed by atoms with Crippen molar-refractivity contribution >= 4 is 20.2 Å². The molecule has 260 valence electrons. The van der Waals surface area contributed by atoms with Crippen LogP contribution in [0.15, 0.2) is 0 Å². The molecule has 0 aliphatic rings. The van der Waals surface area contributed by atoms with E-state index in [9.17, 15) is 95.9 Å². The van der Waals surface area contributed by atoms with Crippen LogP contribution in [0.25, 0.3) is 0 Å². The van der Waals surface area contributed by atoms with Crippen LogP contribution in [-0.2, 0) is 28.6 Å². The maximum absolute atomic E-state index is 13.4. The molecule has 0 unspecified atom stereocenters. The molecular weight excluding hydrogens is 706 g/mol. The topological polar surface area (TPSA) is 86.7 Å². The van der Waals surface area contributed by atoms with Gasteiger partial charge in [0.2, 0.25) is 0 Å². The first kappa shape index (κ1) is 41.6. The summed E-state index contributed by atoms with van der Waals surface area (Å²) < 4.78 is 284. The van der Waals surface area contributed by atoms with E-state index in [1.807, 2.05) is 0 Å². The lowest BCUT2D eigenvalue weighted by atomic mass is 10.00. The molecule has 0 spiro atoms. The standard InChI is InChI=1S/C17H18F18O6S2/c18-10(19,12(22,23)14(26,27)16(30,31)32)4-1-8-42(36,37)40-6-3-7-41-43(38,39)9-2-5-11(20,21)13(24,25)15(28,29)17(33,34)35/h1-9H2. The van der Waals surface area contributed by atoms with Crippen molar-refractivity contribution < 1.29 is 104 Å². The Kier molecular flexibility index (Phi) is 12.7. The van der Waals surface area contributed by atoms with Crippen LogP contribution in [0.3, 0.4) is 0 Å². The normalized spacial score (nSPS) is 15.7. The van der Waals surface area contributed by atoms with Gasteiger partial charge in [-0.25, -0.2) is 0 Å². The van der Waals surface area contributed by atoms with Crippen LogP contribution in [0.4, 0.5) is 79.0 Å². The highest BCUT2D eigenvalue weighted by Crippen LogP contribution is 2.55. The number of halogens is 18. The Hall–Kier alpha value is -1.44. The van der Waals surface area contributed by atoms with Gasteiger partial charge in [0.15, 0.2) is 0 Å². The Morgan fingerprint density at radius 1 is 0.395 bits per heavy atom. The first-order valence-corrected chi connectivity index (χ1v) is 13.9. The van der Waals surface area contributed by atoms with Crippen molar-refractivity contribution in [3.8, 4) is 0 Å². The Morgan fingerprint density at radius 3 is 0.884 bits per heavy atom. The summed E-state index contributed by atoms with van der Waals surface area (Å²) in [5.74, 6) is -43.8. The first-order valence-electron chi connectivity index (χ1n) is 10.8. The smallest absolute Gasteiger partial charge is 0.270 e. The van der Waals surface area contributed by atoms with Crippen molar-refractivity contribution in [2.75, 3.05) is 24.7 Å². The summed E-state index contributed by atoms with van der Waals surface area (Å²) in [7, 11) is -9.97. The van der Waals surface area contributed by atoms with Crippen LogP contribution in [0.5, 0.6) is 0 Å². The fourth-order valence-electron chi connectivity index (χ4n) is 2.62. The molecule has 0 aliphatic heterocycles. The van der Waals surface area contributed by atoms with Gasteiger partial charge in [-0.1, -0.05) is 0 Å². The van der Waals surface area contributed by atoms with Gasteiger partial charge in [-0.15, -0.1) is 0 Å². The number of hydrogen-bond donors (Lipinski definition) is 0. The predicted octanol–water partition coefficient (Wildman–Crippen LogP) is 6.57. The summed E-state index contributed by atoms with van der Waals surface area (Å²) in [6, 6.07) is 0. The Balaban J connectivity index is 4.78. The van der Waals surface area contributed by atoms with Gasteiger partial charge in [0.1, 0.15) is 0 Å². The first-order chi connectivity index (χ1) is 18.6. The zero-order chi connectivity index (χ0) is 34.8. The van der Waals surface area contributed by atoms with Crippen LogP contribution >= 0.6 is 0 Å². The van der Waals surface area contributed by atoms with Crippen LogP contribution in [0.1, 0.15) is 32.1 Å². The Morgan fingerprint density at radius 2 is 0.651 bits per heavy atom. The number of alkyl halides is 18. The van der Waals surface area contributed by atoms with Gasteiger partial charge >= 0.3 is 47.9 Å². The summed E-state index contributed by atoms with van der Waals surface area (Å²) in [4.78, 5) is 0. The lowest BCUT2D eigenvalue weighted by molar-refractivity contribution is -0.396. The van der Waals surface area contributed by atoms with Gasteiger partial charge in [-0.05, 0) is 19.3 Å². The second kappa shape index (κ2) is 13.1. The van der Waals surface area contributed by atoms with Crippen LogP contribution < -0.4 is 0 Å². The average molecular weight is 724 g/mol. The molecule has 0 fully saturated rings. The van der Waals surface area contributed by atoms with E-state index < -0.39 is 125 Å². The molecule has 0 aromatic carbocycles. The predicted molar refractivity (Wildman–Crippen MR) is 104 cm³/mol. The summed E-state index contributed by atoms with van der Waals surface area (Å²) in [5.41, 5.74) is 0. The third-order valence-electron chi connectivity index (χ3n) is 5.00. The van der Waals surface area contributed by atoms with Crippen molar-refractivity contribution in [1.82, 2.24) is 0 Å². The monoisotopic (exact) mass is 724 g/mol. The minimum atomic E-state index is -7.20. The molecule has 0 radical (unpaired) electrons. The van der Waals surface area contributed by atoms with Crippen LogP contribution in [-0.4, -0.2) is 89.4 Å². The van der Waals surface area contributed by atoms with E-state index in [-0.39, 0.29) is 0 Å². The van der Waals surface area contributed by atoms with Gasteiger partial charge in [0.25, 0.3) is 20.2 Å². The Labute approximate surface area is 229 Å². The quantitative estimate of drug-likeness (QED) is 0.0905. The average Bonchev–Trinajstić information content (AvgIpc) is 2.76. The molecular formula is C17H18F18O6S2. The summed E-state index contributed by atoms with van der Waals surface area (Å²) >= 11 is 0. The van der Waals surface area contributed by atoms with Crippen molar-refractivity contribution in [3.63, 3.8) is 0 Å². The SMILES string of the molecule is O=S(=O)(CCCC(F)(F)C(F)(F)C(F)(F)C(F)(F)F)OCCCOS(=O)(=O)CCCC(F)(F)C(F)(F)C(F)(F)C(F)(F)F. The highest BCUT2D eigenvalue weighted by atomic mass is 32.2. The molecule has 0 saturated heterocycles. The fourth-order valence-corrected chi connectivity index (χ4v) is 4.59. The van der Waals surface area contributed by atoms with Gasteiger partial charge in [0, 0.05) is 12.8 Å². The highest BCUT2D eigenvalue weighted by Gasteiger charge is 2.82. The summed E-state index contributed by atoms with van der Waals surface area (Å²) in [6.07, 6.45) is -23.3. The van der Waals surface area contributed by atoms with Crippen molar-refractivity contribution in [1.29, 1.82) is 0 Å². The third kappa shape index (κ3) is 9.77. The van der Waals surface area contributed by atoms with Gasteiger partial charge in [-0.2, -0.15) is 95.9 Å². The summed E-state index contributed by atoms with van der Waals surface area (Å²) in [6.45, 7) is -2.21. The third-order valence-corrected chi connectivity index (χ3v) is 7.63. The fraction of sp³-hybridized carbons (Fsp3) is 1.00. The molecule has 0 rings (SSSR count). The maximum atomic E-state index is 13.4. The second-order valence-electron chi connectivity index (χ2n) is 8.43. The van der Waals surface area contributed by atoms with E-state index in [0.717, 1.165) is 0 Å². The van der Waals surface area contributed by atoms with E-state index in [1.54, 1.807) is 0 Å². The number of rotatable bonds is 18. The Bertz CT molecular complexity index is 1040. The largest absolute Gasteiger partial charge is 0.460 e. The second-order valence-corrected chi connectivity index (χ2v) is 11.9. The van der Waals surface area contributed by atoms with E-state index in [2.05, 4.69) is 8.37 Å². The molecule has 0 aromatic rings. The van der Waals surface area contributed by atoms with Crippen molar-refractivity contribution in [2.45, 2.75) is 80.0 Å². The summed E-state index contributed by atoms with van der Waals surface area (Å²) in [5, 5.41) is 0. The molecule has 6 nitrogen and oxygen atoms in total. The van der Waals surface area contributed by atoms with E-state index >= 15 is 0 Å². The van der Waals surface area contributed by atoms with Crippen molar-refractivity contribution in [3.05, 3.63) is 0 Å². The van der Waals surface area contributed by atoms with Crippen molar-refractivity contribution in [2.24, 2.45) is 0 Å². The van der Waals surface area contributed by atoms with Gasteiger partial charge in [-0.3, -0.25) is 8.37 Å². The molecule has 43 heavy (non-hydrogen) atoms. The lowest BCUT2D eigenvalue weighted by Crippen LogP contribution is -2.60. The molecule has 0 bridgehead atoms. The van der Waals surface area contributed by atoms with E-state index in [0.29, 0.717) is 0 Å². The molecule has 0 aliphatic carbocycles. The molecule has 26 heteroatoms. The zero-order valence-electron chi connectivity index (χ0n) is 20.4. The molecule has 0 atom stereocenters. The minimum absolute atomic E-state index is 0.795. The molecule has 0 saturated carbocycles. The molecule has 0 heterocycles. The molecule has 0 N–H and O–H groups in total. The molecule has 0 amide bonds. The maximum Gasteiger partial charge on any atom is 0.460 e. The lowest BCUT2D eigenvalue weighted by Gasteiger charge is -2.33. The van der Waals surface area contributed by atoms with Crippen LogP contribution in [0.2, 0.25) is 0 Å². The zero-order valence-corrected chi connectivity index (χ0v) is 22.1. The molecule has 0 aromatic heterocycles. The number of hydrogen-bond acceptors (Lipinski definition) is 6. The van der Waals surface area contributed by atoms with Crippen LogP contribution in [0, 0.1) is 0 Å². The van der Waals surface area contributed by atoms with Gasteiger partial charge in [0.05, 0.1) is 24.7 Å².